The highest BCUT2D eigenvalue weighted by molar-refractivity contribution is 8.14. The maximum atomic E-state index is 6.18. The molecule has 2 nitrogen and oxygen atoms in total. The molecule has 1 aliphatic heterocycles. The lowest BCUT2D eigenvalue weighted by Crippen LogP contribution is -2.19. The van der Waals surface area contributed by atoms with Gasteiger partial charge in [-0.3, -0.25) is 0 Å². The van der Waals surface area contributed by atoms with Crippen molar-refractivity contribution >= 4 is 23.0 Å². The van der Waals surface area contributed by atoms with Gasteiger partial charge in [-0.05, 0) is 47.6 Å². The van der Waals surface area contributed by atoms with Crippen LogP contribution in [0.1, 0.15) is 35.6 Å². The molecule has 0 fully saturated rings. The molecule has 2 aromatic carbocycles. The summed E-state index contributed by atoms with van der Waals surface area (Å²) in [5.74, 6) is 0. The number of benzene rings is 2. The van der Waals surface area contributed by atoms with E-state index < -0.39 is 0 Å². The van der Waals surface area contributed by atoms with Crippen molar-refractivity contribution in [1.29, 1.82) is 0 Å². The molecule has 2 aliphatic rings. The third-order valence-corrected chi connectivity index (χ3v) is 5.65. The van der Waals surface area contributed by atoms with E-state index in [0.29, 0.717) is 5.17 Å². The first-order valence-corrected chi connectivity index (χ1v) is 9.24. The van der Waals surface area contributed by atoms with Crippen LogP contribution in [0, 0.1) is 0 Å². The number of aliphatic imine (C=N–C) groups is 1. The Bertz CT molecular complexity index is 819. The van der Waals surface area contributed by atoms with Crippen molar-refractivity contribution in [3.8, 4) is 0 Å². The minimum absolute atomic E-state index is 0.290. The van der Waals surface area contributed by atoms with Gasteiger partial charge >= 0.3 is 0 Å². The Morgan fingerprint density at radius 2 is 1.67 bits per heavy atom. The monoisotopic (exact) mass is 332 g/mol. The van der Waals surface area contributed by atoms with E-state index in [4.69, 9.17) is 10.7 Å². The van der Waals surface area contributed by atoms with Gasteiger partial charge in [-0.25, -0.2) is 4.99 Å². The van der Waals surface area contributed by atoms with Crippen LogP contribution in [0.5, 0.6) is 0 Å². The summed E-state index contributed by atoms with van der Waals surface area (Å²) in [6.07, 6.45) is 5.61. The average Bonchev–Trinajstić information content (AvgIpc) is 2.63. The van der Waals surface area contributed by atoms with E-state index in [9.17, 15) is 0 Å². The zero-order valence-electron chi connectivity index (χ0n) is 13.5. The van der Waals surface area contributed by atoms with Crippen molar-refractivity contribution < 1.29 is 0 Å². The van der Waals surface area contributed by atoms with Crippen LogP contribution < -0.4 is 5.73 Å². The molecule has 3 heteroatoms. The third-order valence-electron chi connectivity index (χ3n) is 4.52. The summed E-state index contributed by atoms with van der Waals surface area (Å²) in [7, 11) is 0. The van der Waals surface area contributed by atoms with E-state index in [2.05, 4.69) is 60.7 Å². The number of nitrogens with zero attached hydrogens (tertiary/aromatic N) is 1. The van der Waals surface area contributed by atoms with Crippen molar-refractivity contribution in [1.82, 2.24) is 0 Å². The largest absolute Gasteiger partial charge is 0.378 e. The van der Waals surface area contributed by atoms with Gasteiger partial charge in [0.15, 0.2) is 5.17 Å². The van der Waals surface area contributed by atoms with Crippen LogP contribution in [0.25, 0.3) is 6.08 Å². The number of nitrogens with two attached hydrogens (primary N) is 1. The van der Waals surface area contributed by atoms with Crippen LogP contribution in [0.4, 0.5) is 0 Å². The third kappa shape index (κ3) is 3.04. The molecule has 0 saturated heterocycles. The Balaban J connectivity index is 1.79. The molecule has 24 heavy (non-hydrogen) atoms. The Morgan fingerprint density at radius 3 is 2.42 bits per heavy atom. The molecular weight excluding hydrogens is 312 g/mol. The van der Waals surface area contributed by atoms with E-state index in [0.717, 1.165) is 18.5 Å². The summed E-state index contributed by atoms with van der Waals surface area (Å²) in [5.41, 5.74) is 12.6. The molecule has 0 bridgehead atoms. The highest BCUT2D eigenvalue weighted by atomic mass is 32.2. The molecular formula is C21H20N2S. The highest BCUT2D eigenvalue weighted by Crippen LogP contribution is 2.47. The van der Waals surface area contributed by atoms with Crippen molar-refractivity contribution in [2.75, 3.05) is 0 Å². The Labute approximate surface area is 147 Å². The van der Waals surface area contributed by atoms with Crippen molar-refractivity contribution in [2.24, 2.45) is 10.7 Å². The van der Waals surface area contributed by atoms with Gasteiger partial charge in [0, 0.05) is 0 Å². The average molecular weight is 332 g/mol. The van der Waals surface area contributed by atoms with Gasteiger partial charge in [0.2, 0.25) is 0 Å². The zero-order valence-corrected chi connectivity index (χ0v) is 14.3. The number of hydrogen-bond acceptors (Lipinski definition) is 3. The fraction of sp³-hybridized carbons (Fsp3) is 0.190. The zero-order chi connectivity index (χ0) is 16.4. The first-order valence-electron chi connectivity index (χ1n) is 8.36. The fourth-order valence-corrected chi connectivity index (χ4v) is 4.48. The van der Waals surface area contributed by atoms with Gasteiger partial charge in [0.1, 0.15) is 0 Å². The number of allylic oxidation sites excluding steroid dienone is 1. The normalized spacial score (nSPS) is 22.2. The van der Waals surface area contributed by atoms with Crippen LogP contribution in [0.2, 0.25) is 0 Å². The van der Waals surface area contributed by atoms with Gasteiger partial charge in [0.25, 0.3) is 0 Å². The molecule has 2 N–H and O–H groups in total. The lowest BCUT2D eigenvalue weighted by Gasteiger charge is -2.30. The van der Waals surface area contributed by atoms with Gasteiger partial charge in [-0.15, -0.1) is 0 Å². The molecule has 0 amide bonds. The minimum atomic E-state index is 0.290. The summed E-state index contributed by atoms with van der Waals surface area (Å²) in [5, 5.41) is 0.960. The number of amidine groups is 1. The number of rotatable bonds is 2. The number of thioether (sulfide) groups is 1. The summed E-state index contributed by atoms with van der Waals surface area (Å²) in [4.78, 5) is 4.73. The molecule has 0 unspecified atom stereocenters. The predicted molar refractivity (Wildman–Crippen MR) is 104 cm³/mol. The van der Waals surface area contributed by atoms with Gasteiger partial charge in [-0.1, -0.05) is 72.4 Å². The van der Waals surface area contributed by atoms with Crippen molar-refractivity contribution in [3.63, 3.8) is 0 Å². The SMILES string of the molecule is NC1=NC2=C(CCC/C2=C/c2ccccc2)[C@@H](c2ccccc2)S1. The molecule has 1 heterocycles. The molecule has 120 valence electrons. The first-order chi connectivity index (χ1) is 11.8. The molecule has 0 radical (unpaired) electrons. The van der Waals surface area contributed by atoms with E-state index in [-0.39, 0.29) is 5.25 Å². The van der Waals surface area contributed by atoms with Crippen molar-refractivity contribution in [3.05, 3.63) is 88.6 Å². The second kappa shape index (κ2) is 6.70. The van der Waals surface area contributed by atoms with E-state index in [1.165, 1.54) is 28.7 Å². The smallest absolute Gasteiger partial charge is 0.160 e. The van der Waals surface area contributed by atoms with E-state index in [1.54, 1.807) is 11.8 Å². The quantitative estimate of drug-likeness (QED) is 0.809. The second-order valence-electron chi connectivity index (χ2n) is 6.17. The Morgan fingerprint density at radius 1 is 0.958 bits per heavy atom. The van der Waals surface area contributed by atoms with Gasteiger partial charge in [0.05, 0.1) is 10.9 Å². The fourth-order valence-electron chi connectivity index (χ4n) is 3.43. The second-order valence-corrected chi connectivity index (χ2v) is 7.29. The first kappa shape index (κ1) is 15.3. The molecule has 1 atom stereocenters. The number of hydrogen-bond donors (Lipinski definition) is 1. The molecule has 0 spiro atoms. The minimum Gasteiger partial charge on any atom is -0.378 e. The molecule has 4 rings (SSSR count). The van der Waals surface area contributed by atoms with Crippen LogP contribution in [-0.4, -0.2) is 5.17 Å². The van der Waals surface area contributed by atoms with Gasteiger partial charge in [-0.2, -0.15) is 0 Å². The van der Waals surface area contributed by atoms with E-state index in [1.807, 2.05) is 6.07 Å². The highest BCUT2D eigenvalue weighted by Gasteiger charge is 2.30. The Hall–Kier alpha value is -2.26. The van der Waals surface area contributed by atoms with Gasteiger partial charge < -0.3 is 5.73 Å². The van der Waals surface area contributed by atoms with Crippen LogP contribution in [0.3, 0.4) is 0 Å². The molecule has 1 aliphatic carbocycles. The van der Waals surface area contributed by atoms with Crippen LogP contribution >= 0.6 is 11.8 Å². The summed E-state index contributed by atoms with van der Waals surface area (Å²) >= 11 is 1.68. The van der Waals surface area contributed by atoms with E-state index >= 15 is 0 Å². The lowest BCUT2D eigenvalue weighted by atomic mass is 9.87. The predicted octanol–water partition coefficient (Wildman–Crippen LogP) is 5.31. The molecule has 0 saturated carbocycles. The Kier molecular flexibility index (Phi) is 4.26. The van der Waals surface area contributed by atoms with Crippen molar-refractivity contribution in [2.45, 2.75) is 24.5 Å². The summed E-state index contributed by atoms with van der Waals surface area (Å²) in [6, 6.07) is 21.1. The lowest BCUT2D eigenvalue weighted by molar-refractivity contribution is 0.736. The van der Waals surface area contributed by atoms with Crippen LogP contribution in [0.15, 0.2) is 82.5 Å². The molecule has 2 aromatic rings. The molecule has 0 aromatic heterocycles. The summed E-state index contributed by atoms with van der Waals surface area (Å²) < 4.78 is 0. The summed E-state index contributed by atoms with van der Waals surface area (Å²) in [6.45, 7) is 0. The maximum Gasteiger partial charge on any atom is 0.160 e. The standard InChI is InChI=1S/C21H20N2S/c22-21-23-19-17(14-15-8-3-1-4-9-15)12-7-13-18(19)20(24-21)16-10-5-2-6-11-16/h1-6,8-11,14,20H,7,12-13H2,(H2,22,23)/b17-14-/t20-/m1/s1. The maximum absolute atomic E-state index is 6.18. The topological polar surface area (TPSA) is 38.4 Å². The van der Waals surface area contributed by atoms with Crippen LogP contribution in [-0.2, 0) is 0 Å².